The van der Waals surface area contributed by atoms with Gasteiger partial charge in [0.15, 0.2) is 0 Å². The van der Waals surface area contributed by atoms with Crippen LogP contribution in [0, 0.1) is 0 Å². The number of aliphatic hydroxyl groups is 1. The quantitative estimate of drug-likeness (QED) is 0.152. The fourth-order valence-electron chi connectivity index (χ4n) is 5.17. The minimum absolute atomic E-state index is 0.722. The Hall–Kier alpha value is -4.38. The monoisotopic (exact) mass is 548 g/mol. The van der Waals surface area contributed by atoms with Crippen LogP contribution in [0.15, 0.2) is 133 Å². The zero-order valence-corrected chi connectivity index (χ0v) is 24.6. The Bertz CT molecular complexity index is 1820. The molecule has 0 atom stereocenters. The van der Waals surface area contributed by atoms with Crippen molar-refractivity contribution in [3.8, 4) is 11.1 Å². The van der Waals surface area contributed by atoms with Crippen molar-refractivity contribution in [2.24, 2.45) is 0 Å². The average molecular weight is 549 g/mol. The van der Waals surface area contributed by atoms with Crippen LogP contribution in [0.25, 0.3) is 32.7 Å². The Balaban J connectivity index is 1.34. The van der Waals surface area contributed by atoms with Gasteiger partial charge in [0.2, 0.25) is 0 Å². The van der Waals surface area contributed by atoms with E-state index in [9.17, 15) is 5.11 Å². The zero-order chi connectivity index (χ0) is 29.3. The summed E-state index contributed by atoms with van der Waals surface area (Å²) in [6.45, 7) is 7.30. The normalized spacial score (nSPS) is 12.0. The molecule has 6 aromatic rings. The van der Waals surface area contributed by atoms with Crippen LogP contribution in [0.3, 0.4) is 0 Å². The van der Waals surface area contributed by atoms with E-state index in [0.717, 1.165) is 22.5 Å². The second-order valence-corrected chi connectivity index (χ2v) is 11.8. The van der Waals surface area contributed by atoms with Gasteiger partial charge in [-0.25, -0.2) is 0 Å². The Kier molecular flexibility index (Phi) is 7.36. The van der Waals surface area contributed by atoms with Gasteiger partial charge in [-0.1, -0.05) is 96.5 Å². The lowest BCUT2D eigenvalue weighted by Gasteiger charge is -2.37. The summed E-state index contributed by atoms with van der Waals surface area (Å²) in [5.41, 5.74) is 4.86. The zero-order valence-electron chi connectivity index (χ0n) is 24.6. The Morgan fingerprint density at radius 2 is 1.10 bits per heavy atom. The molecular formula is C38H35BNO2. The lowest BCUT2D eigenvalue weighted by Crippen LogP contribution is -2.49. The molecule has 0 aliphatic rings. The summed E-state index contributed by atoms with van der Waals surface area (Å²) in [5.74, 6) is 0. The molecule has 6 aromatic carbocycles. The molecule has 42 heavy (non-hydrogen) atoms. The topological polar surface area (TPSA) is 32.7 Å². The van der Waals surface area contributed by atoms with Gasteiger partial charge in [0.25, 0.3) is 0 Å². The highest BCUT2D eigenvalue weighted by Crippen LogP contribution is 2.38. The molecule has 3 nitrogen and oxygen atoms in total. The third kappa shape index (κ3) is 5.44. The predicted molar refractivity (Wildman–Crippen MR) is 178 cm³/mol. The van der Waals surface area contributed by atoms with Crippen LogP contribution in [0.1, 0.15) is 27.7 Å². The number of benzene rings is 6. The van der Waals surface area contributed by atoms with Crippen LogP contribution < -0.4 is 10.4 Å². The van der Waals surface area contributed by atoms with Crippen molar-refractivity contribution in [2.75, 3.05) is 4.90 Å². The second kappa shape index (κ2) is 11.1. The third-order valence-electron chi connectivity index (χ3n) is 8.33. The molecule has 1 N–H and O–H groups in total. The van der Waals surface area contributed by atoms with E-state index < -0.39 is 11.2 Å². The number of anilines is 3. The highest BCUT2D eigenvalue weighted by molar-refractivity contribution is 6.47. The lowest BCUT2D eigenvalue weighted by atomic mass is 9.82. The molecule has 0 fully saturated rings. The Labute approximate surface area is 249 Å². The molecule has 0 aliphatic heterocycles. The molecule has 0 aromatic heterocycles. The maximum atomic E-state index is 10.4. The molecule has 0 unspecified atom stereocenters. The van der Waals surface area contributed by atoms with Gasteiger partial charge in [-0.2, -0.15) is 0 Å². The van der Waals surface area contributed by atoms with Crippen LogP contribution >= 0.6 is 0 Å². The van der Waals surface area contributed by atoms with Gasteiger partial charge in [-0.05, 0) is 103 Å². The molecule has 207 valence electrons. The summed E-state index contributed by atoms with van der Waals surface area (Å²) >= 11 is 0. The molecule has 4 heteroatoms. The fourth-order valence-corrected chi connectivity index (χ4v) is 5.17. The van der Waals surface area contributed by atoms with E-state index >= 15 is 0 Å². The summed E-state index contributed by atoms with van der Waals surface area (Å²) < 4.78 is 5.97. The van der Waals surface area contributed by atoms with Crippen molar-refractivity contribution in [3.05, 3.63) is 133 Å². The molecule has 0 amide bonds. The smallest absolute Gasteiger partial charge is 0.330 e. The predicted octanol–water partition coefficient (Wildman–Crippen LogP) is 8.94. The Morgan fingerprint density at radius 1 is 0.571 bits per heavy atom. The van der Waals surface area contributed by atoms with E-state index in [-0.39, 0.29) is 0 Å². The molecule has 0 saturated carbocycles. The molecule has 0 bridgehead atoms. The number of rotatable bonds is 8. The third-order valence-corrected chi connectivity index (χ3v) is 8.33. The second-order valence-electron chi connectivity index (χ2n) is 11.8. The summed E-state index contributed by atoms with van der Waals surface area (Å²) in [6.07, 6.45) is 0. The van der Waals surface area contributed by atoms with Crippen molar-refractivity contribution >= 4 is 51.6 Å². The average Bonchev–Trinajstić information content (AvgIpc) is 3.01. The number of hydrogen-bond donors (Lipinski definition) is 1. The van der Waals surface area contributed by atoms with Crippen LogP contribution in [-0.4, -0.2) is 23.8 Å². The van der Waals surface area contributed by atoms with Gasteiger partial charge in [-0.15, -0.1) is 0 Å². The minimum atomic E-state index is -0.973. The van der Waals surface area contributed by atoms with Gasteiger partial charge >= 0.3 is 7.48 Å². The van der Waals surface area contributed by atoms with Crippen LogP contribution in [0.4, 0.5) is 17.1 Å². The largest absolute Gasteiger partial charge is 0.427 e. The van der Waals surface area contributed by atoms with Gasteiger partial charge in [-0.3, -0.25) is 0 Å². The van der Waals surface area contributed by atoms with E-state index in [1.165, 1.54) is 32.7 Å². The Morgan fingerprint density at radius 3 is 1.74 bits per heavy atom. The van der Waals surface area contributed by atoms with E-state index in [2.05, 4.69) is 120 Å². The summed E-state index contributed by atoms with van der Waals surface area (Å²) in [4.78, 5) is 2.26. The van der Waals surface area contributed by atoms with E-state index in [1.54, 1.807) is 21.3 Å². The SMILES string of the molecule is CC(C)(O)C(C)(C)O[B]c1ccc(N(c2ccccc2)c2ccc(-c3cc4ccccc4c4ccccc34)cc2)cc1. The summed E-state index contributed by atoms with van der Waals surface area (Å²) in [5, 5.41) is 15.5. The van der Waals surface area contributed by atoms with Crippen molar-refractivity contribution < 1.29 is 9.76 Å². The van der Waals surface area contributed by atoms with Crippen LogP contribution in [0.2, 0.25) is 0 Å². The van der Waals surface area contributed by atoms with Crippen molar-refractivity contribution in [3.63, 3.8) is 0 Å². The number of para-hydroxylation sites is 1. The van der Waals surface area contributed by atoms with Crippen molar-refractivity contribution in [1.82, 2.24) is 0 Å². The first kappa shape index (κ1) is 27.8. The van der Waals surface area contributed by atoms with Crippen molar-refractivity contribution in [2.45, 2.75) is 38.9 Å². The maximum absolute atomic E-state index is 10.4. The highest BCUT2D eigenvalue weighted by Gasteiger charge is 2.35. The molecule has 0 saturated heterocycles. The summed E-state index contributed by atoms with van der Waals surface area (Å²) in [7, 11) is 1.72. The van der Waals surface area contributed by atoms with Gasteiger partial charge in [0, 0.05) is 17.1 Å². The standard InChI is InChI=1S/C38H35BNO2/c1-37(2,41)38(3,4)42-39-29-20-24-32(25-21-29)40(30-13-6-5-7-14-30)31-22-18-27(19-23-31)36-26-28-12-8-9-15-33(28)34-16-10-11-17-35(34)36/h5-26,41H,1-4H3. The molecular weight excluding hydrogens is 513 g/mol. The number of nitrogens with zero attached hydrogens (tertiary/aromatic N) is 1. The first-order chi connectivity index (χ1) is 20.2. The van der Waals surface area contributed by atoms with Gasteiger partial charge < -0.3 is 14.7 Å². The maximum Gasteiger partial charge on any atom is 0.330 e. The first-order valence-corrected chi connectivity index (χ1v) is 14.4. The van der Waals surface area contributed by atoms with Gasteiger partial charge in [0.1, 0.15) is 0 Å². The van der Waals surface area contributed by atoms with E-state index in [4.69, 9.17) is 4.65 Å². The molecule has 1 radical (unpaired) electrons. The molecule has 0 aliphatic carbocycles. The fraction of sp³-hybridized carbons (Fsp3) is 0.158. The molecule has 0 spiro atoms. The van der Waals surface area contributed by atoms with E-state index in [1.807, 2.05) is 32.0 Å². The molecule has 6 rings (SSSR count). The summed E-state index contributed by atoms with van der Waals surface area (Å²) in [6, 6.07) is 47.1. The van der Waals surface area contributed by atoms with Crippen molar-refractivity contribution in [1.29, 1.82) is 0 Å². The van der Waals surface area contributed by atoms with Gasteiger partial charge in [0.05, 0.1) is 11.2 Å². The number of fused-ring (bicyclic) bond motifs is 3. The lowest BCUT2D eigenvalue weighted by molar-refractivity contribution is -0.0893. The van der Waals surface area contributed by atoms with Crippen LogP contribution in [-0.2, 0) is 4.65 Å². The van der Waals surface area contributed by atoms with E-state index in [0.29, 0.717) is 0 Å². The minimum Gasteiger partial charge on any atom is -0.427 e. The molecule has 0 heterocycles. The first-order valence-electron chi connectivity index (χ1n) is 14.4. The van der Waals surface area contributed by atoms with Crippen LogP contribution in [0.5, 0.6) is 0 Å². The number of hydrogen-bond acceptors (Lipinski definition) is 3. The highest BCUT2D eigenvalue weighted by atomic mass is 16.5.